The summed E-state index contributed by atoms with van der Waals surface area (Å²) in [5.41, 5.74) is 0.633. The molecule has 0 aliphatic rings. The monoisotopic (exact) mass is 322 g/mol. The average Bonchev–Trinajstić information content (AvgIpc) is 2.34. The summed E-state index contributed by atoms with van der Waals surface area (Å²) in [4.78, 5) is 0. The number of alkyl halides is 4. The van der Waals surface area contributed by atoms with E-state index in [-0.39, 0.29) is 5.92 Å². The molecule has 0 heterocycles. The van der Waals surface area contributed by atoms with Crippen LogP contribution in [0.25, 0.3) is 0 Å². The largest absolute Gasteiger partial charge is 0.416 e. The van der Waals surface area contributed by atoms with Crippen LogP contribution in [0, 0.1) is 0 Å². The molecular weight excluding hydrogens is 305 g/mol. The van der Waals surface area contributed by atoms with Gasteiger partial charge in [-0.2, -0.15) is 13.2 Å². The first-order chi connectivity index (χ1) is 8.43. The number of benzene rings is 1. The normalized spacial score (nSPS) is 13.7. The van der Waals surface area contributed by atoms with Crippen molar-refractivity contribution < 1.29 is 13.2 Å². The van der Waals surface area contributed by atoms with Crippen molar-refractivity contribution in [1.82, 2.24) is 0 Å². The molecule has 4 heteroatoms. The molecule has 1 aromatic carbocycles. The van der Waals surface area contributed by atoms with Gasteiger partial charge in [0.1, 0.15) is 0 Å². The molecule has 0 bridgehead atoms. The fourth-order valence-electron chi connectivity index (χ4n) is 2.22. The highest BCUT2D eigenvalue weighted by atomic mass is 79.9. The van der Waals surface area contributed by atoms with Gasteiger partial charge in [-0.1, -0.05) is 48.3 Å². The van der Waals surface area contributed by atoms with Crippen molar-refractivity contribution in [2.75, 3.05) is 0 Å². The number of hydrogen-bond acceptors (Lipinski definition) is 0. The first-order valence-electron chi connectivity index (χ1n) is 6.20. The highest BCUT2D eigenvalue weighted by molar-refractivity contribution is 9.08. The Bertz CT molecular complexity index is 385. The zero-order valence-corrected chi connectivity index (χ0v) is 12.2. The highest BCUT2D eigenvalue weighted by Crippen LogP contribution is 2.38. The van der Waals surface area contributed by atoms with Crippen molar-refractivity contribution in [3.8, 4) is 0 Å². The first kappa shape index (κ1) is 15.5. The van der Waals surface area contributed by atoms with Crippen molar-refractivity contribution >= 4 is 15.9 Å². The van der Waals surface area contributed by atoms with Gasteiger partial charge >= 0.3 is 6.18 Å². The average molecular weight is 323 g/mol. The second kappa shape index (κ2) is 6.60. The van der Waals surface area contributed by atoms with Crippen LogP contribution in [0.1, 0.15) is 55.7 Å². The molecule has 1 aromatic rings. The Hall–Kier alpha value is -0.510. The minimum atomic E-state index is -4.27. The Morgan fingerprint density at radius 2 is 1.89 bits per heavy atom. The molecule has 0 aromatic heterocycles. The molecule has 0 saturated carbocycles. The van der Waals surface area contributed by atoms with Gasteiger partial charge in [0.25, 0.3) is 0 Å². The molecule has 1 atom stereocenters. The zero-order chi connectivity index (χ0) is 13.8. The van der Waals surface area contributed by atoms with E-state index in [1.54, 1.807) is 12.1 Å². The molecular formula is C14H18BrF3. The SMILES string of the molecule is CCCC(CC)c1ccc(CBr)cc1C(F)(F)F. The van der Waals surface area contributed by atoms with Crippen LogP contribution in [0.5, 0.6) is 0 Å². The third kappa shape index (κ3) is 3.74. The van der Waals surface area contributed by atoms with Crippen molar-refractivity contribution in [2.45, 2.75) is 50.5 Å². The summed E-state index contributed by atoms with van der Waals surface area (Å²) in [6.45, 7) is 3.95. The predicted octanol–water partition coefficient (Wildman–Crippen LogP) is 5.89. The van der Waals surface area contributed by atoms with Gasteiger partial charge < -0.3 is 0 Å². The van der Waals surface area contributed by atoms with Gasteiger partial charge in [-0.05, 0) is 36.0 Å². The Morgan fingerprint density at radius 1 is 1.22 bits per heavy atom. The van der Waals surface area contributed by atoms with Gasteiger partial charge in [-0.25, -0.2) is 0 Å². The van der Waals surface area contributed by atoms with Crippen LogP contribution in [-0.2, 0) is 11.5 Å². The van der Waals surface area contributed by atoms with Crippen LogP contribution in [0.2, 0.25) is 0 Å². The topological polar surface area (TPSA) is 0 Å². The van der Waals surface area contributed by atoms with E-state index >= 15 is 0 Å². The standard InChI is InChI=1S/C14H18BrF3/c1-3-5-11(4-2)12-7-6-10(9-15)8-13(12)14(16,17)18/h6-8,11H,3-5,9H2,1-2H3. The lowest BCUT2D eigenvalue weighted by molar-refractivity contribution is -0.138. The van der Waals surface area contributed by atoms with Crippen LogP contribution >= 0.6 is 15.9 Å². The molecule has 0 N–H and O–H groups in total. The second-order valence-electron chi connectivity index (χ2n) is 4.45. The molecule has 1 rings (SSSR count). The fourth-order valence-corrected chi connectivity index (χ4v) is 2.56. The number of rotatable bonds is 5. The minimum absolute atomic E-state index is 0.00370. The van der Waals surface area contributed by atoms with Crippen molar-refractivity contribution in [3.05, 3.63) is 34.9 Å². The molecule has 102 valence electrons. The number of hydrogen-bond donors (Lipinski definition) is 0. The van der Waals surface area contributed by atoms with Crippen LogP contribution in [0.15, 0.2) is 18.2 Å². The van der Waals surface area contributed by atoms with E-state index in [0.29, 0.717) is 16.5 Å². The maximum Gasteiger partial charge on any atom is 0.416 e. The van der Waals surface area contributed by atoms with E-state index in [1.807, 2.05) is 13.8 Å². The molecule has 0 aliphatic carbocycles. The zero-order valence-electron chi connectivity index (χ0n) is 10.6. The molecule has 0 saturated heterocycles. The fraction of sp³-hybridized carbons (Fsp3) is 0.571. The van der Waals surface area contributed by atoms with E-state index in [1.165, 1.54) is 6.07 Å². The summed E-state index contributed by atoms with van der Waals surface area (Å²) in [7, 11) is 0. The molecule has 0 nitrogen and oxygen atoms in total. The van der Waals surface area contributed by atoms with Gasteiger partial charge in [0.15, 0.2) is 0 Å². The summed E-state index contributed by atoms with van der Waals surface area (Å²) in [6.07, 6.45) is -1.83. The minimum Gasteiger partial charge on any atom is -0.166 e. The molecule has 0 fully saturated rings. The number of halogens is 4. The maximum absolute atomic E-state index is 13.1. The lowest BCUT2D eigenvalue weighted by Crippen LogP contribution is -2.12. The third-order valence-corrected chi connectivity index (χ3v) is 3.79. The Balaban J connectivity index is 3.25. The Labute approximate surface area is 115 Å². The highest BCUT2D eigenvalue weighted by Gasteiger charge is 2.34. The van der Waals surface area contributed by atoms with Crippen LogP contribution in [-0.4, -0.2) is 0 Å². The van der Waals surface area contributed by atoms with Crippen molar-refractivity contribution in [1.29, 1.82) is 0 Å². The van der Waals surface area contributed by atoms with E-state index in [9.17, 15) is 13.2 Å². The lowest BCUT2D eigenvalue weighted by atomic mass is 9.87. The molecule has 18 heavy (non-hydrogen) atoms. The Morgan fingerprint density at radius 3 is 2.33 bits per heavy atom. The molecule has 0 spiro atoms. The summed E-state index contributed by atoms with van der Waals surface area (Å²) >= 11 is 3.20. The predicted molar refractivity (Wildman–Crippen MR) is 72.0 cm³/mol. The van der Waals surface area contributed by atoms with Gasteiger partial charge in [-0.3, -0.25) is 0 Å². The van der Waals surface area contributed by atoms with E-state index in [2.05, 4.69) is 15.9 Å². The van der Waals surface area contributed by atoms with E-state index in [0.717, 1.165) is 19.3 Å². The maximum atomic E-state index is 13.1. The summed E-state index contributed by atoms with van der Waals surface area (Å²) in [5.74, 6) is -0.00370. The van der Waals surface area contributed by atoms with Gasteiger partial charge in [-0.15, -0.1) is 0 Å². The van der Waals surface area contributed by atoms with Gasteiger partial charge in [0, 0.05) is 5.33 Å². The van der Waals surface area contributed by atoms with E-state index in [4.69, 9.17) is 0 Å². The molecule has 0 aliphatic heterocycles. The smallest absolute Gasteiger partial charge is 0.166 e. The summed E-state index contributed by atoms with van der Waals surface area (Å²) in [6, 6.07) is 4.68. The molecule has 0 amide bonds. The van der Waals surface area contributed by atoms with Crippen LogP contribution in [0.4, 0.5) is 13.2 Å². The quantitative estimate of drug-likeness (QED) is 0.592. The Kier molecular flexibility index (Phi) is 5.70. The third-order valence-electron chi connectivity index (χ3n) is 3.15. The van der Waals surface area contributed by atoms with Gasteiger partial charge in [0.05, 0.1) is 5.56 Å². The summed E-state index contributed by atoms with van der Waals surface area (Å²) in [5, 5.41) is 0.445. The molecule has 1 unspecified atom stereocenters. The van der Waals surface area contributed by atoms with Crippen molar-refractivity contribution in [2.24, 2.45) is 0 Å². The first-order valence-corrected chi connectivity index (χ1v) is 7.32. The van der Waals surface area contributed by atoms with Crippen LogP contribution in [0.3, 0.4) is 0 Å². The second-order valence-corrected chi connectivity index (χ2v) is 5.01. The van der Waals surface area contributed by atoms with Gasteiger partial charge in [0.2, 0.25) is 0 Å². The van der Waals surface area contributed by atoms with Crippen molar-refractivity contribution in [3.63, 3.8) is 0 Å². The van der Waals surface area contributed by atoms with Crippen LogP contribution < -0.4 is 0 Å². The van der Waals surface area contributed by atoms with E-state index < -0.39 is 11.7 Å². The lowest BCUT2D eigenvalue weighted by Gasteiger charge is -2.21. The summed E-state index contributed by atoms with van der Waals surface area (Å²) < 4.78 is 39.3. The molecule has 0 radical (unpaired) electrons.